The normalized spacial score (nSPS) is 12.3. The number of carbonyl (C=O) groups is 1. The smallest absolute Gasteiger partial charge is 0.289 e. The lowest BCUT2D eigenvalue weighted by atomic mass is 10.3. The Kier molecular flexibility index (Phi) is 4.40. The van der Waals surface area contributed by atoms with Crippen molar-refractivity contribution in [2.45, 2.75) is 0 Å². The summed E-state index contributed by atoms with van der Waals surface area (Å²) in [4.78, 5) is 24.0. The van der Waals surface area contributed by atoms with Crippen molar-refractivity contribution in [3.05, 3.63) is 69.3 Å². The van der Waals surface area contributed by atoms with Crippen molar-refractivity contribution < 1.29 is 4.79 Å². The van der Waals surface area contributed by atoms with Crippen LogP contribution in [0.2, 0.25) is 5.02 Å². The van der Waals surface area contributed by atoms with Crippen LogP contribution in [-0.4, -0.2) is 15.5 Å². The molecule has 5 aromatic rings. The molecule has 0 atom stereocenters. The summed E-state index contributed by atoms with van der Waals surface area (Å²) >= 11 is 10.6. The Bertz CT molecular complexity index is 1390. The first-order chi connectivity index (χ1) is 13.6. The van der Waals surface area contributed by atoms with Gasteiger partial charge in [0.2, 0.25) is 0 Å². The van der Waals surface area contributed by atoms with Gasteiger partial charge in [-0.3, -0.25) is 4.79 Å². The van der Waals surface area contributed by atoms with Crippen LogP contribution in [0.1, 0.15) is 9.67 Å². The Morgan fingerprint density at radius 2 is 1.89 bits per heavy atom. The number of halogens is 1. The van der Waals surface area contributed by atoms with Gasteiger partial charge in [-0.2, -0.15) is 4.99 Å². The van der Waals surface area contributed by atoms with Gasteiger partial charge >= 0.3 is 0 Å². The zero-order chi connectivity index (χ0) is 19.3. The van der Waals surface area contributed by atoms with Gasteiger partial charge in [-0.05, 0) is 42.5 Å². The fourth-order valence-electron chi connectivity index (χ4n) is 2.90. The molecule has 3 heterocycles. The SMILES string of the molecule is Cn1c(=NC(=O)c2ccc(-c3nc4ccccc4s3)s2)sc2cc(Cl)ccc21. The summed E-state index contributed by atoms with van der Waals surface area (Å²) in [5, 5.41) is 1.60. The van der Waals surface area contributed by atoms with Crippen LogP contribution in [0, 0.1) is 0 Å². The number of hydrogen-bond donors (Lipinski definition) is 0. The van der Waals surface area contributed by atoms with Crippen molar-refractivity contribution in [1.82, 2.24) is 9.55 Å². The Balaban J connectivity index is 1.51. The van der Waals surface area contributed by atoms with E-state index in [0.29, 0.717) is 14.7 Å². The number of thiophene rings is 1. The van der Waals surface area contributed by atoms with Gasteiger partial charge in [0.05, 0.1) is 30.2 Å². The standard InChI is InChI=1S/C20H12ClN3OS3/c1-24-13-7-6-11(21)10-17(13)28-20(24)23-18(25)15-8-9-16(26-15)19-22-12-4-2-3-5-14(12)27-19/h2-10H,1H3. The van der Waals surface area contributed by atoms with E-state index in [1.54, 1.807) is 11.3 Å². The van der Waals surface area contributed by atoms with Crippen molar-refractivity contribution in [3.8, 4) is 9.88 Å². The lowest BCUT2D eigenvalue weighted by Gasteiger charge is -1.95. The maximum Gasteiger partial charge on any atom is 0.289 e. The third-order valence-corrected chi connectivity index (χ3v) is 7.90. The predicted molar refractivity (Wildman–Crippen MR) is 119 cm³/mol. The van der Waals surface area contributed by atoms with Crippen LogP contribution in [0.25, 0.3) is 30.3 Å². The first-order valence-corrected chi connectivity index (χ1v) is 11.2. The fraction of sp³-hybridized carbons (Fsp3) is 0.0500. The van der Waals surface area contributed by atoms with Gasteiger partial charge in [0.15, 0.2) is 4.80 Å². The Morgan fingerprint density at radius 3 is 2.75 bits per heavy atom. The topological polar surface area (TPSA) is 47.2 Å². The number of fused-ring (bicyclic) bond motifs is 2. The summed E-state index contributed by atoms with van der Waals surface area (Å²) in [6.07, 6.45) is 0. The molecule has 8 heteroatoms. The second kappa shape index (κ2) is 6.93. The maximum atomic E-state index is 12.7. The summed E-state index contributed by atoms with van der Waals surface area (Å²) in [5.41, 5.74) is 1.98. The highest BCUT2D eigenvalue weighted by Crippen LogP contribution is 2.34. The molecule has 0 aliphatic rings. The van der Waals surface area contributed by atoms with E-state index >= 15 is 0 Å². The van der Waals surface area contributed by atoms with Gasteiger partial charge < -0.3 is 4.57 Å². The van der Waals surface area contributed by atoms with E-state index in [1.165, 1.54) is 22.7 Å². The van der Waals surface area contributed by atoms with Crippen molar-refractivity contribution >= 4 is 72.0 Å². The molecule has 2 aromatic carbocycles. The van der Waals surface area contributed by atoms with Crippen molar-refractivity contribution in [1.29, 1.82) is 0 Å². The quantitative estimate of drug-likeness (QED) is 0.338. The summed E-state index contributed by atoms with van der Waals surface area (Å²) < 4.78 is 4.05. The molecule has 3 aromatic heterocycles. The average Bonchev–Trinajstić information content (AvgIpc) is 3.39. The monoisotopic (exact) mass is 441 g/mol. The first-order valence-electron chi connectivity index (χ1n) is 8.38. The number of aryl methyl sites for hydroxylation is 1. The number of benzene rings is 2. The van der Waals surface area contributed by atoms with E-state index in [1.807, 2.05) is 60.1 Å². The van der Waals surface area contributed by atoms with E-state index < -0.39 is 0 Å². The zero-order valence-corrected chi connectivity index (χ0v) is 17.8. The highest BCUT2D eigenvalue weighted by Gasteiger charge is 2.13. The van der Waals surface area contributed by atoms with Gasteiger partial charge in [-0.25, -0.2) is 4.98 Å². The van der Waals surface area contributed by atoms with Gasteiger partial charge in [-0.15, -0.1) is 22.7 Å². The molecule has 0 radical (unpaired) electrons. The third kappa shape index (κ3) is 3.10. The van der Waals surface area contributed by atoms with Crippen molar-refractivity contribution in [2.75, 3.05) is 0 Å². The van der Waals surface area contributed by atoms with Crippen LogP contribution < -0.4 is 4.80 Å². The Morgan fingerprint density at radius 1 is 1.04 bits per heavy atom. The molecular weight excluding hydrogens is 430 g/mol. The maximum absolute atomic E-state index is 12.7. The lowest BCUT2D eigenvalue weighted by Crippen LogP contribution is -2.12. The number of aromatic nitrogens is 2. The Labute approximate surface area is 177 Å². The molecular formula is C20H12ClN3OS3. The Hall–Kier alpha value is -2.32. The zero-order valence-electron chi connectivity index (χ0n) is 14.5. The molecule has 0 saturated heterocycles. The van der Waals surface area contributed by atoms with Crippen LogP contribution in [0.3, 0.4) is 0 Å². The first kappa shape index (κ1) is 17.8. The van der Waals surface area contributed by atoms with E-state index in [0.717, 1.165) is 30.3 Å². The van der Waals surface area contributed by atoms with E-state index in [-0.39, 0.29) is 5.91 Å². The van der Waals surface area contributed by atoms with E-state index in [4.69, 9.17) is 11.6 Å². The van der Waals surface area contributed by atoms with Crippen molar-refractivity contribution in [2.24, 2.45) is 12.0 Å². The summed E-state index contributed by atoms with van der Waals surface area (Å²) in [7, 11) is 1.90. The predicted octanol–water partition coefficient (Wildman–Crippen LogP) is 5.97. The number of rotatable bonds is 2. The largest absolute Gasteiger partial charge is 0.319 e. The third-order valence-electron chi connectivity index (χ3n) is 4.29. The van der Waals surface area contributed by atoms with E-state index in [2.05, 4.69) is 16.0 Å². The molecule has 4 nitrogen and oxygen atoms in total. The molecule has 0 bridgehead atoms. The molecule has 0 unspecified atom stereocenters. The highest BCUT2D eigenvalue weighted by atomic mass is 35.5. The van der Waals surface area contributed by atoms with Crippen LogP contribution in [0.15, 0.2) is 59.6 Å². The number of carbonyl (C=O) groups excluding carboxylic acids is 1. The molecule has 0 spiro atoms. The minimum Gasteiger partial charge on any atom is -0.319 e. The van der Waals surface area contributed by atoms with Gasteiger partial charge in [0.1, 0.15) is 5.01 Å². The minimum absolute atomic E-state index is 0.245. The second-order valence-corrected chi connectivity index (χ2v) is 9.68. The van der Waals surface area contributed by atoms with Crippen LogP contribution in [0.5, 0.6) is 0 Å². The second-order valence-electron chi connectivity index (χ2n) is 6.12. The molecule has 0 saturated carbocycles. The summed E-state index contributed by atoms with van der Waals surface area (Å²) in [6, 6.07) is 17.5. The number of hydrogen-bond acceptors (Lipinski definition) is 5. The van der Waals surface area contributed by atoms with Crippen LogP contribution in [-0.2, 0) is 7.05 Å². The molecule has 0 fully saturated rings. The number of para-hydroxylation sites is 1. The van der Waals surface area contributed by atoms with E-state index in [9.17, 15) is 4.79 Å². The molecule has 28 heavy (non-hydrogen) atoms. The van der Waals surface area contributed by atoms with Gasteiger partial charge in [-0.1, -0.05) is 35.1 Å². The molecule has 0 N–H and O–H groups in total. The highest BCUT2D eigenvalue weighted by molar-refractivity contribution is 7.26. The average molecular weight is 442 g/mol. The van der Waals surface area contributed by atoms with Crippen LogP contribution in [0.4, 0.5) is 0 Å². The van der Waals surface area contributed by atoms with Gasteiger partial charge in [0, 0.05) is 12.1 Å². The van der Waals surface area contributed by atoms with Gasteiger partial charge in [0.25, 0.3) is 5.91 Å². The molecule has 1 amide bonds. The van der Waals surface area contributed by atoms with Crippen molar-refractivity contribution in [3.63, 3.8) is 0 Å². The lowest BCUT2D eigenvalue weighted by molar-refractivity contribution is 0.100. The molecule has 0 aliphatic heterocycles. The minimum atomic E-state index is -0.245. The summed E-state index contributed by atoms with van der Waals surface area (Å²) in [5.74, 6) is -0.245. The fourth-order valence-corrected chi connectivity index (χ4v) is 6.11. The number of nitrogens with zero attached hydrogens (tertiary/aromatic N) is 3. The number of thiazole rings is 2. The molecule has 5 rings (SSSR count). The molecule has 138 valence electrons. The number of amides is 1. The van der Waals surface area contributed by atoms with Crippen LogP contribution >= 0.6 is 45.6 Å². The molecule has 0 aliphatic carbocycles. The summed E-state index contributed by atoms with van der Waals surface area (Å²) in [6.45, 7) is 0.